The van der Waals surface area contributed by atoms with Gasteiger partial charge in [-0.25, -0.2) is 9.78 Å². The summed E-state index contributed by atoms with van der Waals surface area (Å²) in [5.41, 5.74) is 2.02. The molecule has 0 saturated heterocycles. The van der Waals surface area contributed by atoms with Crippen molar-refractivity contribution >= 4 is 27.7 Å². The lowest BCUT2D eigenvalue weighted by Gasteiger charge is -2.14. The number of fused-ring (bicyclic) bond motifs is 2. The van der Waals surface area contributed by atoms with Crippen LogP contribution in [-0.2, 0) is 17.8 Å². The van der Waals surface area contributed by atoms with Gasteiger partial charge in [0.05, 0.1) is 29.6 Å². The van der Waals surface area contributed by atoms with Crippen LogP contribution in [0.2, 0.25) is 0 Å². The van der Waals surface area contributed by atoms with Crippen molar-refractivity contribution in [2.75, 3.05) is 0 Å². The Hall–Kier alpha value is -3.55. The van der Waals surface area contributed by atoms with Gasteiger partial charge in [0.2, 0.25) is 5.91 Å². The van der Waals surface area contributed by atoms with Crippen LogP contribution in [0.4, 0.5) is 0 Å². The Balaban J connectivity index is 1.47. The summed E-state index contributed by atoms with van der Waals surface area (Å²) in [6.07, 6.45) is 0.0831. The third-order valence-corrected chi connectivity index (χ3v) is 4.38. The molecule has 1 atom stereocenters. The van der Waals surface area contributed by atoms with Gasteiger partial charge in [-0.2, -0.15) is 5.10 Å². The average molecular weight is 362 g/mol. The van der Waals surface area contributed by atoms with E-state index in [1.807, 2.05) is 37.3 Å². The molecule has 1 amide bonds. The van der Waals surface area contributed by atoms with Gasteiger partial charge in [-0.3, -0.25) is 9.59 Å². The van der Waals surface area contributed by atoms with E-state index < -0.39 is 0 Å². The highest BCUT2D eigenvalue weighted by atomic mass is 16.1. The number of hydrogen-bond donors (Lipinski definition) is 2. The van der Waals surface area contributed by atoms with Gasteiger partial charge in [-0.05, 0) is 25.1 Å². The van der Waals surface area contributed by atoms with Crippen molar-refractivity contribution in [1.82, 2.24) is 30.5 Å². The third kappa shape index (κ3) is 3.41. The molecule has 2 aromatic carbocycles. The smallest absolute Gasteiger partial charge is 0.272 e. The number of rotatable bonds is 5. The molecule has 0 bridgehead atoms. The molecular weight excluding hydrogens is 344 g/mol. The topological polar surface area (TPSA) is 106 Å². The fourth-order valence-corrected chi connectivity index (χ4v) is 3.14. The second kappa shape index (κ2) is 6.99. The van der Waals surface area contributed by atoms with Crippen LogP contribution in [0.25, 0.3) is 21.8 Å². The maximum atomic E-state index is 12.5. The lowest BCUT2D eigenvalue weighted by atomic mass is 10.1. The van der Waals surface area contributed by atoms with Crippen molar-refractivity contribution in [3.63, 3.8) is 0 Å². The largest absolute Gasteiger partial charge is 0.351 e. The molecule has 0 fully saturated rings. The van der Waals surface area contributed by atoms with Crippen LogP contribution in [0.5, 0.6) is 0 Å². The molecule has 4 aromatic rings. The lowest BCUT2D eigenvalue weighted by molar-refractivity contribution is -0.121. The molecule has 0 radical (unpaired) electrons. The fourth-order valence-electron chi connectivity index (χ4n) is 3.14. The van der Waals surface area contributed by atoms with E-state index in [-0.39, 0.29) is 23.9 Å². The Labute approximate surface area is 154 Å². The van der Waals surface area contributed by atoms with Crippen molar-refractivity contribution in [2.24, 2.45) is 0 Å². The first-order chi connectivity index (χ1) is 13.1. The van der Waals surface area contributed by atoms with Crippen LogP contribution in [0, 0.1) is 0 Å². The lowest BCUT2D eigenvalue weighted by Crippen LogP contribution is -2.37. The van der Waals surface area contributed by atoms with Crippen LogP contribution in [0.1, 0.15) is 12.6 Å². The average Bonchev–Trinajstić information content (AvgIpc) is 3.07. The number of hydrogen-bond acceptors (Lipinski definition) is 5. The van der Waals surface area contributed by atoms with Crippen molar-refractivity contribution in [2.45, 2.75) is 25.9 Å². The van der Waals surface area contributed by atoms with Crippen LogP contribution >= 0.6 is 0 Å². The molecule has 0 saturated carbocycles. The molecule has 2 aromatic heterocycles. The number of carbonyl (C=O) groups is 1. The quantitative estimate of drug-likeness (QED) is 0.558. The number of aromatic amines is 1. The predicted octanol–water partition coefficient (Wildman–Crippen LogP) is 1.42. The number of para-hydroxylation sites is 1. The normalized spacial score (nSPS) is 12.3. The molecule has 2 heterocycles. The van der Waals surface area contributed by atoms with E-state index in [2.05, 4.69) is 25.8 Å². The third-order valence-electron chi connectivity index (χ3n) is 4.38. The first kappa shape index (κ1) is 16.9. The van der Waals surface area contributed by atoms with Gasteiger partial charge in [0.25, 0.3) is 5.56 Å². The molecule has 0 aliphatic heterocycles. The minimum Gasteiger partial charge on any atom is -0.351 e. The van der Waals surface area contributed by atoms with E-state index in [9.17, 15) is 9.59 Å². The minimum absolute atomic E-state index is 0.0831. The van der Waals surface area contributed by atoms with Gasteiger partial charge in [0.15, 0.2) is 0 Å². The Bertz CT molecular complexity index is 1180. The van der Waals surface area contributed by atoms with Gasteiger partial charge in [0.1, 0.15) is 5.52 Å². The summed E-state index contributed by atoms with van der Waals surface area (Å²) in [7, 11) is 0. The first-order valence-corrected chi connectivity index (χ1v) is 8.65. The molecular formula is C19H18N6O2. The van der Waals surface area contributed by atoms with Crippen molar-refractivity contribution < 1.29 is 4.79 Å². The van der Waals surface area contributed by atoms with Gasteiger partial charge in [-0.15, -0.1) is 5.10 Å². The maximum Gasteiger partial charge on any atom is 0.272 e. The SMILES string of the molecule is C[C@@H](Cn1nnc2ccccc21)NC(=O)Cc1n[nH]c(=O)c2ccccc12. The molecule has 8 nitrogen and oxygen atoms in total. The molecule has 0 unspecified atom stereocenters. The zero-order valence-corrected chi connectivity index (χ0v) is 14.7. The van der Waals surface area contributed by atoms with Gasteiger partial charge in [-0.1, -0.05) is 35.5 Å². The molecule has 0 aliphatic carbocycles. The summed E-state index contributed by atoms with van der Waals surface area (Å²) in [4.78, 5) is 24.3. The number of carbonyl (C=O) groups excluding carboxylic acids is 1. The van der Waals surface area contributed by atoms with E-state index >= 15 is 0 Å². The van der Waals surface area contributed by atoms with Gasteiger partial charge < -0.3 is 5.32 Å². The summed E-state index contributed by atoms with van der Waals surface area (Å²) < 4.78 is 1.77. The molecule has 8 heteroatoms. The Morgan fingerprint density at radius 3 is 2.74 bits per heavy atom. The Kier molecular flexibility index (Phi) is 4.37. The first-order valence-electron chi connectivity index (χ1n) is 8.65. The summed E-state index contributed by atoms with van der Waals surface area (Å²) in [5.74, 6) is -0.170. The highest BCUT2D eigenvalue weighted by Gasteiger charge is 2.14. The number of amides is 1. The highest BCUT2D eigenvalue weighted by molar-refractivity contribution is 5.88. The van der Waals surface area contributed by atoms with E-state index in [0.717, 1.165) is 11.0 Å². The van der Waals surface area contributed by atoms with Gasteiger partial charge in [0, 0.05) is 11.4 Å². The second-order valence-electron chi connectivity index (χ2n) is 6.45. The van der Waals surface area contributed by atoms with E-state index in [1.54, 1.807) is 22.9 Å². The summed E-state index contributed by atoms with van der Waals surface area (Å²) >= 11 is 0. The molecule has 2 N–H and O–H groups in total. The maximum absolute atomic E-state index is 12.5. The minimum atomic E-state index is -0.263. The monoisotopic (exact) mass is 362 g/mol. The summed E-state index contributed by atoms with van der Waals surface area (Å²) in [6, 6.07) is 14.7. The van der Waals surface area contributed by atoms with Crippen LogP contribution < -0.4 is 10.9 Å². The van der Waals surface area contributed by atoms with Crippen LogP contribution in [0.3, 0.4) is 0 Å². The van der Waals surface area contributed by atoms with Gasteiger partial charge >= 0.3 is 0 Å². The number of benzene rings is 2. The number of H-pyrrole nitrogens is 1. The molecule has 0 aliphatic rings. The number of aromatic nitrogens is 5. The standard InChI is InChI=1S/C19H18N6O2/c1-12(11-25-17-9-5-4-8-15(17)22-24-25)20-18(26)10-16-13-6-2-3-7-14(13)19(27)23-21-16/h2-9,12H,10-11H2,1H3,(H,20,26)(H,23,27)/t12-/m0/s1. The fraction of sp³-hybridized carbons (Fsp3) is 0.211. The molecule has 0 spiro atoms. The zero-order chi connectivity index (χ0) is 18.8. The van der Waals surface area contributed by atoms with E-state index in [4.69, 9.17) is 0 Å². The Morgan fingerprint density at radius 2 is 1.89 bits per heavy atom. The van der Waals surface area contributed by atoms with Crippen LogP contribution in [-0.4, -0.2) is 37.1 Å². The number of nitrogens with zero attached hydrogens (tertiary/aromatic N) is 4. The molecule has 4 rings (SSSR count). The molecule has 136 valence electrons. The highest BCUT2D eigenvalue weighted by Crippen LogP contribution is 2.13. The summed E-state index contributed by atoms with van der Waals surface area (Å²) in [5, 5.41) is 18.9. The summed E-state index contributed by atoms with van der Waals surface area (Å²) in [6.45, 7) is 2.42. The van der Waals surface area contributed by atoms with Crippen molar-refractivity contribution in [3.8, 4) is 0 Å². The molecule has 27 heavy (non-hydrogen) atoms. The Morgan fingerprint density at radius 1 is 1.15 bits per heavy atom. The van der Waals surface area contributed by atoms with Crippen molar-refractivity contribution in [3.05, 3.63) is 64.6 Å². The zero-order valence-electron chi connectivity index (χ0n) is 14.7. The predicted molar refractivity (Wildman–Crippen MR) is 101 cm³/mol. The van der Waals surface area contributed by atoms with E-state index in [1.165, 1.54) is 0 Å². The number of nitrogens with one attached hydrogen (secondary N) is 2. The second-order valence-corrected chi connectivity index (χ2v) is 6.45. The van der Waals surface area contributed by atoms with E-state index in [0.29, 0.717) is 23.0 Å². The van der Waals surface area contributed by atoms with Crippen LogP contribution in [0.15, 0.2) is 53.3 Å². The van der Waals surface area contributed by atoms with Crippen molar-refractivity contribution in [1.29, 1.82) is 0 Å².